The zero-order chi connectivity index (χ0) is 15.6. The Balaban J connectivity index is 1.87. The molecule has 0 amide bonds. The van der Waals surface area contributed by atoms with E-state index in [1.165, 1.54) is 10.6 Å². The SMILES string of the molecule is Cc1cc2nccc(-c3sc4nc5ccccc5n4c3C)n2n1. The lowest BCUT2D eigenvalue weighted by atomic mass is 10.2. The minimum atomic E-state index is 0.871. The van der Waals surface area contributed by atoms with E-state index in [-0.39, 0.29) is 0 Å². The van der Waals surface area contributed by atoms with E-state index in [2.05, 4.69) is 39.6 Å². The van der Waals surface area contributed by atoms with E-state index in [0.29, 0.717) is 0 Å². The van der Waals surface area contributed by atoms with Gasteiger partial charge in [-0.2, -0.15) is 5.10 Å². The van der Waals surface area contributed by atoms with Crippen LogP contribution in [0.25, 0.3) is 32.2 Å². The Morgan fingerprint density at radius 3 is 2.87 bits per heavy atom. The molecule has 5 aromatic rings. The van der Waals surface area contributed by atoms with Gasteiger partial charge in [0.2, 0.25) is 0 Å². The Bertz CT molecular complexity index is 1190. The van der Waals surface area contributed by atoms with Crippen LogP contribution in [0, 0.1) is 13.8 Å². The van der Waals surface area contributed by atoms with Crippen molar-refractivity contribution in [2.75, 3.05) is 0 Å². The molecule has 0 bridgehead atoms. The summed E-state index contributed by atoms with van der Waals surface area (Å²) in [6, 6.07) is 12.2. The number of thiazole rings is 1. The molecular formula is C17H13N5S. The van der Waals surface area contributed by atoms with Gasteiger partial charge in [-0.25, -0.2) is 14.5 Å². The molecule has 4 heterocycles. The maximum atomic E-state index is 4.74. The molecule has 5 nitrogen and oxygen atoms in total. The van der Waals surface area contributed by atoms with E-state index in [4.69, 9.17) is 4.98 Å². The zero-order valence-corrected chi connectivity index (χ0v) is 13.5. The highest BCUT2D eigenvalue weighted by Crippen LogP contribution is 2.34. The number of hydrogen-bond donors (Lipinski definition) is 0. The highest BCUT2D eigenvalue weighted by molar-refractivity contribution is 7.20. The molecule has 6 heteroatoms. The van der Waals surface area contributed by atoms with Gasteiger partial charge in [-0.3, -0.25) is 4.40 Å². The molecule has 0 spiro atoms. The molecule has 0 aliphatic heterocycles. The summed E-state index contributed by atoms with van der Waals surface area (Å²) in [6.45, 7) is 4.12. The topological polar surface area (TPSA) is 47.5 Å². The number of hydrogen-bond acceptors (Lipinski definition) is 4. The normalized spacial score (nSPS) is 11.9. The second-order valence-electron chi connectivity index (χ2n) is 5.62. The summed E-state index contributed by atoms with van der Waals surface area (Å²) in [5.41, 5.74) is 6.25. The van der Waals surface area contributed by atoms with Crippen LogP contribution in [-0.2, 0) is 0 Å². The molecule has 0 unspecified atom stereocenters. The standard InChI is InChI=1S/C17H13N5S/c1-10-9-15-18-8-7-14(22(15)20-10)16-11(2)21-13-6-4-3-5-12(13)19-17(21)23-16/h3-9H,1-2H3. The Morgan fingerprint density at radius 1 is 1.09 bits per heavy atom. The second-order valence-corrected chi connectivity index (χ2v) is 6.60. The van der Waals surface area contributed by atoms with Crippen LogP contribution in [0.15, 0.2) is 42.6 Å². The molecule has 5 rings (SSSR count). The van der Waals surface area contributed by atoms with Gasteiger partial charge in [0.15, 0.2) is 10.6 Å². The molecule has 4 aromatic heterocycles. The summed E-state index contributed by atoms with van der Waals surface area (Å²) in [4.78, 5) is 11.3. The predicted octanol–water partition coefficient (Wildman–Crippen LogP) is 3.88. The summed E-state index contributed by atoms with van der Waals surface area (Å²) in [5, 5.41) is 4.58. The molecule has 0 radical (unpaired) electrons. The van der Waals surface area contributed by atoms with Gasteiger partial charge in [0.25, 0.3) is 0 Å². The minimum absolute atomic E-state index is 0.871. The molecular weight excluding hydrogens is 306 g/mol. The van der Waals surface area contributed by atoms with Crippen LogP contribution in [0.2, 0.25) is 0 Å². The molecule has 1 aromatic carbocycles. The van der Waals surface area contributed by atoms with Gasteiger partial charge in [-0.1, -0.05) is 23.5 Å². The third kappa shape index (κ3) is 1.69. The van der Waals surface area contributed by atoms with Gasteiger partial charge in [0, 0.05) is 18.0 Å². The highest BCUT2D eigenvalue weighted by Gasteiger charge is 2.17. The van der Waals surface area contributed by atoms with Gasteiger partial charge < -0.3 is 0 Å². The van der Waals surface area contributed by atoms with Gasteiger partial charge in [-0.15, -0.1) is 0 Å². The van der Waals surface area contributed by atoms with Crippen LogP contribution >= 0.6 is 11.3 Å². The Hall–Kier alpha value is -2.73. The molecule has 0 aliphatic rings. The predicted molar refractivity (Wildman–Crippen MR) is 92.0 cm³/mol. The van der Waals surface area contributed by atoms with E-state index in [1.54, 1.807) is 11.3 Å². The molecule has 0 N–H and O–H groups in total. The first-order valence-electron chi connectivity index (χ1n) is 7.41. The fraction of sp³-hybridized carbons (Fsp3) is 0.118. The molecule has 0 saturated carbocycles. The maximum absolute atomic E-state index is 4.74. The number of benzene rings is 1. The van der Waals surface area contributed by atoms with E-state index < -0.39 is 0 Å². The van der Waals surface area contributed by atoms with Gasteiger partial charge in [0.05, 0.1) is 27.3 Å². The lowest BCUT2D eigenvalue weighted by Crippen LogP contribution is -1.96. The van der Waals surface area contributed by atoms with E-state index in [9.17, 15) is 0 Å². The first-order chi connectivity index (χ1) is 11.2. The van der Waals surface area contributed by atoms with E-state index in [0.717, 1.165) is 33.0 Å². The Morgan fingerprint density at radius 2 is 1.96 bits per heavy atom. The fourth-order valence-electron chi connectivity index (χ4n) is 3.08. The first kappa shape index (κ1) is 12.8. The summed E-state index contributed by atoms with van der Waals surface area (Å²) >= 11 is 1.69. The molecule has 112 valence electrons. The van der Waals surface area contributed by atoms with Crippen molar-refractivity contribution >= 4 is 33.0 Å². The van der Waals surface area contributed by atoms with Crippen molar-refractivity contribution in [3.63, 3.8) is 0 Å². The maximum Gasteiger partial charge on any atom is 0.195 e. The van der Waals surface area contributed by atoms with Crippen LogP contribution in [-0.4, -0.2) is 24.0 Å². The number of aromatic nitrogens is 5. The van der Waals surface area contributed by atoms with Crippen LogP contribution < -0.4 is 0 Å². The zero-order valence-electron chi connectivity index (χ0n) is 12.7. The third-order valence-electron chi connectivity index (χ3n) is 4.10. The Kier molecular flexibility index (Phi) is 2.44. The van der Waals surface area contributed by atoms with Crippen molar-refractivity contribution < 1.29 is 0 Å². The quantitative estimate of drug-likeness (QED) is 0.471. The average Bonchev–Trinajstić information content (AvgIpc) is 3.18. The summed E-state index contributed by atoms with van der Waals surface area (Å²) in [6.07, 6.45) is 1.84. The number of nitrogens with zero attached hydrogens (tertiary/aromatic N) is 5. The van der Waals surface area contributed by atoms with E-state index in [1.807, 2.05) is 35.8 Å². The average molecular weight is 319 g/mol. The first-order valence-corrected chi connectivity index (χ1v) is 8.22. The van der Waals surface area contributed by atoms with Gasteiger partial charge >= 0.3 is 0 Å². The second kappa shape index (κ2) is 4.39. The number of rotatable bonds is 1. The Labute approximate surface area is 135 Å². The van der Waals surface area contributed by atoms with Gasteiger partial charge in [-0.05, 0) is 32.0 Å². The van der Waals surface area contributed by atoms with E-state index >= 15 is 0 Å². The minimum Gasteiger partial charge on any atom is -0.287 e. The number of imidazole rings is 1. The van der Waals surface area contributed by atoms with Crippen LogP contribution in [0.4, 0.5) is 0 Å². The van der Waals surface area contributed by atoms with Crippen molar-refractivity contribution in [3.05, 3.63) is 54.0 Å². The number of aryl methyl sites for hydroxylation is 2. The molecule has 0 atom stereocenters. The molecule has 23 heavy (non-hydrogen) atoms. The van der Waals surface area contributed by atoms with Crippen LogP contribution in [0.5, 0.6) is 0 Å². The number of fused-ring (bicyclic) bond motifs is 4. The fourth-order valence-corrected chi connectivity index (χ4v) is 4.23. The van der Waals surface area contributed by atoms with Crippen molar-refractivity contribution in [2.45, 2.75) is 13.8 Å². The largest absolute Gasteiger partial charge is 0.287 e. The molecule has 0 saturated heterocycles. The van der Waals surface area contributed by atoms with Gasteiger partial charge in [0.1, 0.15) is 0 Å². The third-order valence-corrected chi connectivity index (χ3v) is 5.27. The molecule has 0 aliphatic carbocycles. The lowest BCUT2D eigenvalue weighted by molar-refractivity contribution is 0.925. The lowest BCUT2D eigenvalue weighted by Gasteiger charge is -2.03. The number of para-hydroxylation sites is 2. The monoisotopic (exact) mass is 319 g/mol. The van der Waals surface area contributed by atoms with Crippen molar-refractivity contribution in [1.82, 2.24) is 24.0 Å². The summed E-state index contributed by atoms with van der Waals surface area (Å²) in [5.74, 6) is 0. The van der Waals surface area contributed by atoms with Crippen molar-refractivity contribution in [1.29, 1.82) is 0 Å². The summed E-state index contributed by atoms with van der Waals surface area (Å²) < 4.78 is 4.13. The van der Waals surface area contributed by atoms with Crippen molar-refractivity contribution in [3.8, 4) is 10.6 Å². The van der Waals surface area contributed by atoms with Crippen molar-refractivity contribution in [2.24, 2.45) is 0 Å². The van der Waals surface area contributed by atoms with Crippen LogP contribution in [0.1, 0.15) is 11.4 Å². The smallest absolute Gasteiger partial charge is 0.195 e. The summed E-state index contributed by atoms with van der Waals surface area (Å²) in [7, 11) is 0. The molecule has 0 fully saturated rings. The van der Waals surface area contributed by atoms with Crippen LogP contribution in [0.3, 0.4) is 0 Å². The highest BCUT2D eigenvalue weighted by atomic mass is 32.1.